The molecule has 1 saturated heterocycles. The first-order valence-electron chi connectivity index (χ1n) is 10.7. The van der Waals surface area contributed by atoms with Crippen LogP contribution in [0.3, 0.4) is 0 Å². The van der Waals surface area contributed by atoms with Crippen LogP contribution in [0.5, 0.6) is 5.75 Å². The summed E-state index contributed by atoms with van der Waals surface area (Å²) in [6.07, 6.45) is 3.55. The van der Waals surface area contributed by atoms with Crippen molar-refractivity contribution in [2.45, 2.75) is 57.2 Å². The first-order valence-corrected chi connectivity index (χ1v) is 11.0. The van der Waals surface area contributed by atoms with Gasteiger partial charge >= 0.3 is 0 Å². The second kappa shape index (κ2) is 8.35. The standard InChI is InChI=1S/C22H29ClFN3O3/c1-12-5-13(2)25-10-16(12)21(29)27-22-7-14(8-22)19(9-22)26-20(28)11-30-15-3-4-17(23)18(24)6-15/h3-4,6,12-14,16,19,25H,5,7-11H2,1-2H3,(H,26,28)(H,27,29)/t12?,13?,14?,16?,19-,22?/m0/s1. The first-order chi connectivity index (χ1) is 14.2. The molecule has 1 heterocycles. The average Bonchev–Trinajstić information content (AvgIpc) is 3.16. The number of carbonyl (C=O) groups excluding carboxylic acids is 2. The zero-order valence-corrected chi connectivity index (χ0v) is 18.1. The lowest BCUT2D eigenvalue weighted by molar-refractivity contribution is -0.130. The van der Waals surface area contributed by atoms with Crippen molar-refractivity contribution < 1.29 is 18.7 Å². The van der Waals surface area contributed by atoms with Crippen LogP contribution in [-0.4, -0.2) is 42.6 Å². The molecule has 30 heavy (non-hydrogen) atoms. The van der Waals surface area contributed by atoms with E-state index in [1.807, 2.05) is 0 Å². The van der Waals surface area contributed by atoms with Gasteiger partial charge in [0.2, 0.25) is 5.91 Å². The Hall–Kier alpha value is -1.86. The quantitative estimate of drug-likeness (QED) is 0.639. The summed E-state index contributed by atoms with van der Waals surface area (Å²) >= 11 is 5.65. The van der Waals surface area contributed by atoms with E-state index in [0.717, 1.165) is 38.3 Å². The second-order valence-electron chi connectivity index (χ2n) is 9.31. The number of fused-ring (bicyclic) bond motifs is 1. The number of amides is 2. The summed E-state index contributed by atoms with van der Waals surface area (Å²) < 4.78 is 18.8. The summed E-state index contributed by atoms with van der Waals surface area (Å²) in [6.45, 7) is 4.83. The molecule has 6 nitrogen and oxygen atoms in total. The zero-order valence-electron chi connectivity index (χ0n) is 17.3. The number of piperidine rings is 1. The maximum absolute atomic E-state index is 13.5. The van der Waals surface area contributed by atoms with Gasteiger partial charge in [-0.15, -0.1) is 0 Å². The van der Waals surface area contributed by atoms with Gasteiger partial charge in [-0.1, -0.05) is 18.5 Å². The lowest BCUT2D eigenvalue weighted by Gasteiger charge is -2.41. The summed E-state index contributed by atoms with van der Waals surface area (Å²) in [4.78, 5) is 25.1. The van der Waals surface area contributed by atoms with Crippen LogP contribution in [-0.2, 0) is 9.59 Å². The van der Waals surface area contributed by atoms with Crippen LogP contribution in [0, 0.1) is 23.6 Å². The molecule has 1 aromatic carbocycles. The molecular formula is C22H29ClFN3O3. The van der Waals surface area contributed by atoms with Gasteiger partial charge in [0.05, 0.1) is 10.9 Å². The number of halogens is 2. The molecule has 0 spiro atoms. The predicted octanol–water partition coefficient (Wildman–Crippen LogP) is 2.65. The minimum atomic E-state index is -0.583. The largest absolute Gasteiger partial charge is 0.484 e. The Balaban J connectivity index is 1.24. The highest BCUT2D eigenvalue weighted by Gasteiger charge is 2.57. The molecule has 3 N–H and O–H groups in total. The fourth-order valence-electron chi connectivity index (χ4n) is 5.31. The summed E-state index contributed by atoms with van der Waals surface area (Å²) in [5.41, 5.74) is -0.192. The maximum Gasteiger partial charge on any atom is 0.258 e. The van der Waals surface area contributed by atoms with Crippen LogP contribution < -0.4 is 20.7 Å². The minimum Gasteiger partial charge on any atom is -0.484 e. The number of hydrogen-bond donors (Lipinski definition) is 3. The van der Waals surface area contributed by atoms with E-state index >= 15 is 0 Å². The molecule has 1 aromatic rings. The van der Waals surface area contributed by atoms with Gasteiger partial charge in [-0.2, -0.15) is 0 Å². The topological polar surface area (TPSA) is 79.5 Å². The van der Waals surface area contributed by atoms with Crippen molar-refractivity contribution in [1.29, 1.82) is 0 Å². The second-order valence-corrected chi connectivity index (χ2v) is 9.72. The average molecular weight is 438 g/mol. The highest BCUT2D eigenvalue weighted by molar-refractivity contribution is 6.30. The van der Waals surface area contributed by atoms with Crippen molar-refractivity contribution in [3.63, 3.8) is 0 Å². The monoisotopic (exact) mass is 437 g/mol. The van der Waals surface area contributed by atoms with Crippen molar-refractivity contribution in [2.24, 2.45) is 17.8 Å². The highest BCUT2D eigenvalue weighted by Crippen LogP contribution is 2.52. The molecule has 3 unspecified atom stereocenters. The number of carbonyl (C=O) groups is 2. The van der Waals surface area contributed by atoms with Gasteiger partial charge in [-0.3, -0.25) is 9.59 Å². The van der Waals surface area contributed by atoms with Gasteiger partial charge in [0, 0.05) is 30.2 Å². The van der Waals surface area contributed by atoms with Crippen molar-refractivity contribution >= 4 is 23.4 Å². The Morgan fingerprint density at radius 1 is 1.30 bits per heavy atom. The Morgan fingerprint density at radius 2 is 2.07 bits per heavy atom. The van der Waals surface area contributed by atoms with Crippen LogP contribution in [0.2, 0.25) is 5.02 Å². The van der Waals surface area contributed by atoms with Gasteiger partial charge in [0.25, 0.3) is 5.91 Å². The highest BCUT2D eigenvalue weighted by atomic mass is 35.5. The van der Waals surface area contributed by atoms with Crippen LogP contribution >= 0.6 is 11.6 Å². The molecule has 2 amide bonds. The minimum absolute atomic E-state index is 0.00330. The smallest absolute Gasteiger partial charge is 0.258 e. The molecule has 164 valence electrons. The summed E-state index contributed by atoms with van der Waals surface area (Å²) in [5, 5.41) is 9.72. The summed E-state index contributed by atoms with van der Waals surface area (Å²) in [7, 11) is 0. The van der Waals surface area contributed by atoms with Gasteiger partial charge in [0.15, 0.2) is 6.61 Å². The van der Waals surface area contributed by atoms with Crippen molar-refractivity contribution in [2.75, 3.05) is 13.2 Å². The Kier molecular flexibility index (Phi) is 5.95. The van der Waals surface area contributed by atoms with E-state index in [-0.39, 0.29) is 46.7 Å². The summed E-state index contributed by atoms with van der Waals surface area (Å²) in [5.74, 6) is 0.293. The molecule has 3 aliphatic carbocycles. The fraction of sp³-hybridized carbons (Fsp3) is 0.636. The van der Waals surface area contributed by atoms with Gasteiger partial charge in [-0.25, -0.2) is 4.39 Å². The van der Waals surface area contributed by atoms with Crippen LogP contribution in [0.4, 0.5) is 4.39 Å². The Labute approximate surface area is 181 Å². The normalized spacial score (nSPS) is 34.7. The third-order valence-corrected chi connectivity index (χ3v) is 7.22. The van der Waals surface area contributed by atoms with Gasteiger partial charge in [-0.05, 0) is 56.6 Å². The number of benzene rings is 1. The van der Waals surface area contributed by atoms with Crippen LogP contribution in [0.1, 0.15) is 39.5 Å². The number of rotatable bonds is 6. The molecule has 0 radical (unpaired) electrons. The molecule has 2 bridgehead atoms. The van der Waals surface area contributed by atoms with E-state index < -0.39 is 5.82 Å². The lowest BCUT2D eigenvalue weighted by atomic mass is 9.75. The SMILES string of the molecule is CC1CC(C)C(C(=O)NC23CC(C2)[C@@H](NC(=O)COc2ccc(Cl)c(F)c2)C3)CN1. The van der Waals surface area contributed by atoms with E-state index in [4.69, 9.17) is 16.3 Å². The molecule has 4 atom stereocenters. The van der Waals surface area contributed by atoms with E-state index in [9.17, 15) is 14.0 Å². The van der Waals surface area contributed by atoms with E-state index in [1.54, 1.807) is 0 Å². The molecule has 4 aliphatic rings. The molecule has 1 aliphatic heterocycles. The van der Waals surface area contributed by atoms with E-state index in [1.165, 1.54) is 12.1 Å². The molecule has 5 rings (SSSR count). The third-order valence-electron chi connectivity index (χ3n) is 6.92. The maximum atomic E-state index is 13.5. The van der Waals surface area contributed by atoms with E-state index in [2.05, 4.69) is 29.8 Å². The molecular weight excluding hydrogens is 409 g/mol. The van der Waals surface area contributed by atoms with Gasteiger partial charge in [0.1, 0.15) is 11.6 Å². The van der Waals surface area contributed by atoms with Crippen LogP contribution in [0.25, 0.3) is 0 Å². The van der Waals surface area contributed by atoms with Crippen molar-refractivity contribution in [1.82, 2.24) is 16.0 Å². The van der Waals surface area contributed by atoms with Crippen molar-refractivity contribution in [3.8, 4) is 5.75 Å². The third kappa shape index (κ3) is 4.42. The van der Waals surface area contributed by atoms with Crippen molar-refractivity contribution in [3.05, 3.63) is 29.0 Å². The molecule has 4 fully saturated rings. The van der Waals surface area contributed by atoms with Gasteiger partial charge < -0.3 is 20.7 Å². The molecule has 8 heteroatoms. The number of ether oxygens (including phenoxy) is 1. The number of nitrogens with one attached hydrogen (secondary N) is 3. The lowest BCUT2D eigenvalue weighted by Crippen LogP contribution is -2.57. The zero-order chi connectivity index (χ0) is 21.5. The molecule has 0 aromatic heterocycles. The first kappa shape index (κ1) is 21.4. The van der Waals surface area contributed by atoms with Crippen LogP contribution in [0.15, 0.2) is 18.2 Å². The summed E-state index contributed by atoms with van der Waals surface area (Å²) in [6, 6.07) is 4.57. The molecule has 3 saturated carbocycles. The fourth-order valence-corrected chi connectivity index (χ4v) is 5.43. The Morgan fingerprint density at radius 3 is 2.77 bits per heavy atom. The Bertz CT molecular complexity index is 830. The predicted molar refractivity (Wildman–Crippen MR) is 112 cm³/mol. The number of hydrogen-bond acceptors (Lipinski definition) is 4. The van der Waals surface area contributed by atoms with E-state index in [0.29, 0.717) is 17.9 Å².